The minimum atomic E-state index is -0.326. The summed E-state index contributed by atoms with van der Waals surface area (Å²) in [4.78, 5) is 14.0. The molecule has 1 aliphatic heterocycles. The number of carbonyl (C=O) groups is 1. The molecule has 1 heterocycles. The molecule has 4 heteroatoms. The molecule has 0 aliphatic carbocycles. The van der Waals surface area contributed by atoms with Crippen molar-refractivity contribution >= 4 is 5.91 Å². The van der Waals surface area contributed by atoms with Crippen LogP contribution in [0.1, 0.15) is 33.1 Å². The fourth-order valence-electron chi connectivity index (χ4n) is 2.26. The first kappa shape index (κ1) is 14.5. The Balaban J connectivity index is 2.36. The van der Waals surface area contributed by atoms with Crippen LogP contribution >= 0.6 is 0 Å². The van der Waals surface area contributed by atoms with Crippen molar-refractivity contribution in [2.75, 3.05) is 33.7 Å². The van der Waals surface area contributed by atoms with E-state index in [2.05, 4.69) is 22.6 Å². The van der Waals surface area contributed by atoms with Gasteiger partial charge >= 0.3 is 0 Å². The van der Waals surface area contributed by atoms with Gasteiger partial charge in [-0.3, -0.25) is 4.79 Å². The van der Waals surface area contributed by atoms with E-state index < -0.39 is 0 Å². The summed E-state index contributed by atoms with van der Waals surface area (Å²) >= 11 is 0. The van der Waals surface area contributed by atoms with Gasteiger partial charge in [-0.15, -0.1) is 0 Å². The lowest BCUT2D eigenvalue weighted by molar-refractivity contribution is -0.128. The molecule has 2 N–H and O–H groups in total. The Morgan fingerprint density at radius 2 is 2.06 bits per heavy atom. The molecule has 1 rings (SSSR count). The third kappa shape index (κ3) is 4.64. The monoisotopic (exact) mass is 241 g/mol. The smallest absolute Gasteiger partial charge is 0.226 e. The first-order chi connectivity index (χ1) is 7.95. The van der Waals surface area contributed by atoms with E-state index in [0.29, 0.717) is 6.04 Å². The van der Waals surface area contributed by atoms with Crippen molar-refractivity contribution in [1.82, 2.24) is 15.5 Å². The summed E-state index contributed by atoms with van der Waals surface area (Å²) in [6.07, 6.45) is 3.64. The number of rotatable bonds is 4. The minimum absolute atomic E-state index is 0.107. The largest absolute Gasteiger partial charge is 0.359 e. The molecule has 1 aliphatic rings. The van der Waals surface area contributed by atoms with Crippen molar-refractivity contribution in [3.8, 4) is 0 Å². The van der Waals surface area contributed by atoms with E-state index in [-0.39, 0.29) is 11.3 Å². The molecule has 0 spiro atoms. The lowest BCUT2D eigenvalue weighted by Gasteiger charge is -2.26. The molecule has 0 saturated carbocycles. The van der Waals surface area contributed by atoms with E-state index in [0.717, 1.165) is 13.1 Å². The van der Waals surface area contributed by atoms with Crippen LogP contribution in [0.3, 0.4) is 0 Å². The molecule has 100 valence electrons. The summed E-state index contributed by atoms with van der Waals surface area (Å²) in [7, 11) is 3.88. The van der Waals surface area contributed by atoms with E-state index in [9.17, 15) is 4.79 Å². The average Bonchev–Trinajstić information content (AvgIpc) is 2.50. The van der Waals surface area contributed by atoms with Crippen molar-refractivity contribution in [3.63, 3.8) is 0 Å². The molecule has 1 unspecified atom stereocenters. The Morgan fingerprint density at radius 1 is 1.35 bits per heavy atom. The molecule has 0 aromatic heterocycles. The quantitative estimate of drug-likeness (QED) is 0.766. The highest BCUT2D eigenvalue weighted by Crippen LogP contribution is 2.16. The number of likely N-dealkylation sites (tertiary alicyclic amines) is 1. The van der Waals surface area contributed by atoms with Gasteiger partial charge in [-0.1, -0.05) is 0 Å². The van der Waals surface area contributed by atoms with Crippen molar-refractivity contribution in [2.24, 2.45) is 5.41 Å². The summed E-state index contributed by atoms with van der Waals surface area (Å²) in [5.74, 6) is 0.107. The Morgan fingerprint density at radius 3 is 2.71 bits per heavy atom. The van der Waals surface area contributed by atoms with Gasteiger partial charge in [-0.05, 0) is 53.2 Å². The summed E-state index contributed by atoms with van der Waals surface area (Å²) in [5.41, 5.74) is -0.326. The molecule has 0 aromatic carbocycles. The van der Waals surface area contributed by atoms with Gasteiger partial charge in [0.1, 0.15) is 0 Å². The Kier molecular flexibility index (Phi) is 5.40. The van der Waals surface area contributed by atoms with Gasteiger partial charge in [0.15, 0.2) is 0 Å². The fourth-order valence-corrected chi connectivity index (χ4v) is 2.26. The van der Waals surface area contributed by atoms with Gasteiger partial charge in [0.2, 0.25) is 5.91 Å². The molecular weight excluding hydrogens is 214 g/mol. The fraction of sp³-hybridized carbons (Fsp3) is 0.923. The molecule has 0 aromatic rings. The van der Waals surface area contributed by atoms with Crippen LogP contribution in [0.15, 0.2) is 0 Å². The van der Waals surface area contributed by atoms with Gasteiger partial charge < -0.3 is 15.5 Å². The SMILES string of the molecule is CNC(=O)C(C)(C)CNC1CCCN(C)CC1. The van der Waals surface area contributed by atoms with Gasteiger partial charge in [-0.25, -0.2) is 0 Å². The highest BCUT2D eigenvalue weighted by atomic mass is 16.2. The molecule has 4 nitrogen and oxygen atoms in total. The molecule has 1 saturated heterocycles. The molecule has 1 atom stereocenters. The molecule has 0 radical (unpaired) electrons. The topological polar surface area (TPSA) is 44.4 Å². The molecule has 1 fully saturated rings. The van der Waals surface area contributed by atoms with E-state index >= 15 is 0 Å². The highest BCUT2D eigenvalue weighted by Gasteiger charge is 2.27. The maximum absolute atomic E-state index is 11.7. The number of carbonyl (C=O) groups excluding carboxylic acids is 1. The van der Waals surface area contributed by atoms with Gasteiger partial charge in [0.25, 0.3) is 0 Å². The minimum Gasteiger partial charge on any atom is -0.359 e. The second-order valence-corrected chi connectivity index (χ2v) is 5.78. The summed E-state index contributed by atoms with van der Waals surface area (Å²) in [6.45, 7) is 7.07. The van der Waals surface area contributed by atoms with E-state index in [1.54, 1.807) is 7.05 Å². The number of nitrogens with one attached hydrogen (secondary N) is 2. The van der Waals surface area contributed by atoms with Crippen molar-refractivity contribution in [2.45, 2.75) is 39.2 Å². The Hall–Kier alpha value is -0.610. The summed E-state index contributed by atoms with van der Waals surface area (Å²) < 4.78 is 0. The van der Waals surface area contributed by atoms with Crippen LogP contribution in [0.25, 0.3) is 0 Å². The lowest BCUT2D eigenvalue weighted by Crippen LogP contribution is -2.45. The van der Waals surface area contributed by atoms with Crippen molar-refractivity contribution in [1.29, 1.82) is 0 Å². The van der Waals surface area contributed by atoms with E-state index in [1.807, 2.05) is 13.8 Å². The number of amides is 1. The van der Waals surface area contributed by atoms with Crippen LogP contribution in [-0.2, 0) is 4.79 Å². The zero-order chi connectivity index (χ0) is 12.9. The lowest BCUT2D eigenvalue weighted by atomic mass is 9.91. The van der Waals surface area contributed by atoms with E-state index in [1.165, 1.54) is 25.8 Å². The third-order valence-electron chi connectivity index (χ3n) is 3.63. The Labute approximate surface area is 105 Å². The van der Waals surface area contributed by atoms with Crippen LogP contribution < -0.4 is 10.6 Å². The predicted molar refractivity (Wildman–Crippen MR) is 71.0 cm³/mol. The first-order valence-electron chi connectivity index (χ1n) is 6.60. The van der Waals surface area contributed by atoms with Gasteiger partial charge in [0.05, 0.1) is 5.41 Å². The second kappa shape index (κ2) is 6.36. The summed E-state index contributed by atoms with van der Waals surface area (Å²) in [6, 6.07) is 0.559. The van der Waals surface area contributed by atoms with Crippen LogP contribution in [0.4, 0.5) is 0 Å². The maximum atomic E-state index is 11.7. The van der Waals surface area contributed by atoms with Crippen molar-refractivity contribution in [3.05, 3.63) is 0 Å². The third-order valence-corrected chi connectivity index (χ3v) is 3.63. The Bertz CT molecular complexity index is 253. The van der Waals surface area contributed by atoms with E-state index in [4.69, 9.17) is 0 Å². The summed E-state index contributed by atoms with van der Waals surface area (Å²) in [5, 5.41) is 6.28. The second-order valence-electron chi connectivity index (χ2n) is 5.78. The number of hydrogen-bond donors (Lipinski definition) is 2. The zero-order valence-electron chi connectivity index (χ0n) is 11.7. The zero-order valence-corrected chi connectivity index (χ0v) is 11.7. The average molecular weight is 241 g/mol. The molecule has 17 heavy (non-hydrogen) atoms. The van der Waals surface area contributed by atoms with Crippen LogP contribution in [-0.4, -0.2) is 50.6 Å². The highest BCUT2D eigenvalue weighted by molar-refractivity contribution is 5.81. The normalized spacial score (nSPS) is 23.2. The molecule has 0 bridgehead atoms. The van der Waals surface area contributed by atoms with Crippen LogP contribution in [0, 0.1) is 5.41 Å². The molecule has 1 amide bonds. The number of hydrogen-bond acceptors (Lipinski definition) is 3. The van der Waals surface area contributed by atoms with Crippen LogP contribution in [0.2, 0.25) is 0 Å². The maximum Gasteiger partial charge on any atom is 0.226 e. The van der Waals surface area contributed by atoms with Crippen molar-refractivity contribution < 1.29 is 4.79 Å². The standard InChI is InChI=1S/C13H27N3O/c1-13(2,12(17)14-3)10-15-11-6-5-8-16(4)9-7-11/h11,15H,5-10H2,1-4H3,(H,14,17). The van der Waals surface area contributed by atoms with Crippen LogP contribution in [0.5, 0.6) is 0 Å². The number of nitrogens with zero attached hydrogens (tertiary/aromatic N) is 1. The predicted octanol–water partition coefficient (Wildman–Crippen LogP) is 0.833. The molecular formula is C13H27N3O. The van der Waals surface area contributed by atoms with Gasteiger partial charge in [-0.2, -0.15) is 0 Å². The first-order valence-corrected chi connectivity index (χ1v) is 6.60. The van der Waals surface area contributed by atoms with Gasteiger partial charge in [0, 0.05) is 19.6 Å².